The number of carbonyl (C=O) groups is 2. The number of halogens is 1. The van der Waals surface area contributed by atoms with E-state index in [1.54, 1.807) is 6.07 Å². The summed E-state index contributed by atoms with van der Waals surface area (Å²) in [6.07, 6.45) is 0. The number of phenols is 1. The van der Waals surface area contributed by atoms with Gasteiger partial charge >= 0.3 is 0 Å². The first kappa shape index (κ1) is 20.7. The summed E-state index contributed by atoms with van der Waals surface area (Å²) in [6.45, 7) is 0. The standard InChI is InChI=1S/C23H15FN2O6/c24-15-7-9-16(10-8-15)25-20(13-3-2-6-18(27)12-13)19(22(29)23(25)30)21(28)14-4-1-5-17(11-14)26(31)32/h1-12,20,27-28H/b21-19-. The molecule has 32 heavy (non-hydrogen) atoms. The van der Waals surface area contributed by atoms with Gasteiger partial charge in [-0.25, -0.2) is 4.39 Å². The average molecular weight is 434 g/mol. The highest BCUT2D eigenvalue weighted by atomic mass is 19.1. The van der Waals surface area contributed by atoms with E-state index in [2.05, 4.69) is 0 Å². The fourth-order valence-electron chi connectivity index (χ4n) is 3.63. The zero-order valence-electron chi connectivity index (χ0n) is 16.3. The van der Waals surface area contributed by atoms with E-state index in [1.165, 1.54) is 48.5 Å². The normalized spacial score (nSPS) is 17.5. The van der Waals surface area contributed by atoms with Gasteiger partial charge in [-0.1, -0.05) is 24.3 Å². The molecule has 2 N–H and O–H groups in total. The molecule has 1 atom stereocenters. The van der Waals surface area contributed by atoms with Crippen LogP contribution < -0.4 is 4.90 Å². The summed E-state index contributed by atoms with van der Waals surface area (Å²) in [5.41, 5.74) is -0.150. The first-order valence-electron chi connectivity index (χ1n) is 9.38. The molecule has 1 aliphatic heterocycles. The first-order valence-corrected chi connectivity index (χ1v) is 9.38. The van der Waals surface area contributed by atoms with Crippen molar-refractivity contribution in [3.63, 3.8) is 0 Å². The number of nitro groups is 1. The van der Waals surface area contributed by atoms with Crippen LogP contribution in [0, 0.1) is 15.9 Å². The second-order valence-corrected chi connectivity index (χ2v) is 7.05. The molecule has 3 aromatic rings. The molecule has 3 aromatic carbocycles. The molecule has 4 rings (SSSR count). The Labute approximate surface area is 180 Å². The van der Waals surface area contributed by atoms with E-state index in [0.29, 0.717) is 5.56 Å². The Hall–Kier alpha value is -4.53. The summed E-state index contributed by atoms with van der Waals surface area (Å²) in [6, 6.07) is 14.5. The van der Waals surface area contributed by atoms with Crippen LogP contribution in [0.3, 0.4) is 0 Å². The lowest BCUT2D eigenvalue weighted by Gasteiger charge is -2.25. The lowest BCUT2D eigenvalue weighted by atomic mass is 9.95. The Balaban J connectivity index is 1.95. The number of Topliss-reactive ketones (excluding diaryl/α,β-unsaturated/α-hetero) is 1. The number of aromatic hydroxyl groups is 1. The van der Waals surface area contributed by atoms with Crippen molar-refractivity contribution < 1.29 is 29.1 Å². The summed E-state index contributed by atoms with van der Waals surface area (Å²) >= 11 is 0. The number of hydrogen-bond donors (Lipinski definition) is 2. The van der Waals surface area contributed by atoms with Gasteiger partial charge in [0.15, 0.2) is 0 Å². The number of phenolic OH excluding ortho intramolecular Hbond substituents is 1. The van der Waals surface area contributed by atoms with E-state index in [4.69, 9.17) is 0 Å². The molecule has 1 aliphatic rings. The fourth-order valence-corrected chi connectivity index (χ4v) is 3.63. The number of non-ortho nitro benzene ring substituents is 1. The minimum Gasteiger partial charge on any atom is -0.508 e. The molecule has 0 spiro atoms. The number of amides is 1. The zero-order chi connectivity index (χ0) is 23.0. The van der Waals surface area contributed by atoms with Crippen LogP contribution >= 0.6 is 0 Å². The van der Waals surface area contributed by atoms with Crippen LogP contribution in [0.2, 0.25) is 0 Å². The van der Waals surface area contributed by atoms with Gasteiger partial charge < -0.3 is 10.2 Å². The molecule has 1 heterocycles. The van der Waals surface area contributed by atoms with E-state index >= 15 is 0 Å². The van der Waals surface area contributed by atoms with Gasteiger partial charge in [-0.2, -0.15) is 0 Å². The number of nitrogens with zero attached hydrogens (tertiary/aromatic N) is 2. The second-order valence-electron chi connectivity index (χ2n) is 7.05. The first-order chi connectivity index (χ1) is 15.3. The van der Waals surface area contributed by atoms with Gasteiger partial charge in [-0.15, -0.1) is 0 Å². The molecule has 160 valence electrons. The average Bonchev–Trinajstić information content (AvgIpc) is 3.04. The second kappa shape index (κ2) is 7.95. The van der Waals surface area contributed by atoms with Crippen molar-refractivity contribution in [1.29, 1.82) is 0 Å². The quantitative estimate of drug-likeness (QED) is 0.210. The van der Waals surface area contributed by atoms with E-state index < -0.39 is 34.2 Å². The summed E-state index contributed by atoms with van der Waals surface area (Å²) in [5.74, 6) is -3.29. The topological polar surface area (TPSA) is 121 Å². The van der Waals surface area contributed by atoms with Crippen LogP contribution in [-0.2, 0) is 9.59 Å². The SMILES string of the molecule is O=C1C(=O)N(c2ccc(F)cc2)C(c2cccc(O)c2)/C1=C(/O)c1cccc([N+](=O)[O-])c1. The van der Waals surface area contributed by atoms with Crippen molar-refractivity contribution >= 4 is 28.8 Å². The molecule has 0 radical (unpaired) electrons. The number of ketones is 1. The Morgan fingerprint density at radius 2 is 1.69 bits per heavy atom. The molecule has 9 heteroatoms. The Kier molecular flexibility index (Phi) is 5.15. The van der Waals surface area contributed by atoms with Crippen molar-refractivity contribution in [2.45, 2.75) is 6.04 Å². The molecule has 0 aromatic heterocycles. The molecule has 1 unspecified atom stereocenters. The van der Waals surface area contributed by atoms with Gasteiger partial charge in [0.25, 0.3) is 17.4 Å². The number of carbonyl (C=O) groups excluding carboxylic acids is 2. The largest absolute Gasteiger partial charge is 0.508 e. The maximum Gasteiger partial charge on any atom is 0.300 e. The molecule has 1 fully saturated rings. The maximum atomic E-state index is 13.4. The van der Waals surface area contributed by atoms with Crippen LogP contribution in [0.4, 0.5) is 15.8 Å². The van der Waals surface area contributed by atoms with Gasteiger partial charge in [0, 0.05) is 23.4 Å². The predicted octanol–water partition coefficient (Wildman–Crippen LogP) is 4.07. The summed E-state index contributed by atoms with van der Waals surface area (Å²) in [5, 5.41) is 32.0. The van der Waals surface area contributed by atoms with Crippen molar-refractivity contribution in [2.75, 3.05) is 4.90 Å². The van der Waals surface area contributed by atoms with Gasteiger partial charge in [0.05, 0.1) is 16.5 Å². The molecule has 1 saturated heterocycles. The van der Waals surface area contributed by atoms with E-state index in [9.17, 15) is 34.3 Å². The van der Waals surface area contributed by atoms with Crippen molar-refractivity contribution in [3.05, 3.63) is 105 Å². The number of benzene rings is 3. The maximum absolute atomic E-state index is 13.4. The number of hydrogen-bond acceptors (Lipinski definition) is 6. The van der Waals surface area contributed by atoms with Crippen molar-refractivity contribution in [1.82, 2.24) is 0 Å². The highest BCUT2D eigenvalue weighted by molar-refractivity contribution is 6.51. The molecule has 0 aliphatic carbocycles. The summed E-state index contributed by atoms with van der Waals surface area (Å²) in [7, 11) is 0. The minimum atomic E-state index is -1.16. The van der Waals surface area contributed by atoms with Crippen LogP contribution in [-0.4, -0.2) is 26.8 Å². The highest BCUT2D eigenvalue weighted by Gasteiger charge is 2.47. The molecule has 0 saturated carbocycles. The Bertz CT molecular complexity index is 1290. The Morgan fingerprint density at radius 1 is 1.00 bits per heavy atom. The van der Waals surface area contributed by atoms with Gasteiger partial charge in [-0.3, -0.25) is 24.6 Å². The monoisotopic (exact) mass is 434 g/mol. The van der Waals surface area contributed by atoms with Crippen LogP contribution in [0.1, 0.15) is 17.2 Å². The van der Waals surface area contributed by atoms with Crippen LogP contribution in [0.15, 0.2) is 78.4 Å². The summed E-state index contributed by atoms with van der Waals surface area (Å²) in [4.78, 5) is 37.5. The number of aliphatic hydroxyl groups is 1. The zero-order valence-corrected chi connectivity index (χ0v) is 16.3. The van der Waals surface area contributed by atoms with E-state index in [-0.39, 0.29) is 28.3 Å². The van der Waals surface area contributed by atoms with Gasteiger partial charge in [0.1, 0.15) is 17.3 Å². The summed E-state index contributed by atoms with van der Waals surface area (Å²) < 4.78 is 13.4. The number of aliphatic hydroxyl groups excluding tert-OH is 1. The number of anilines is 1. The third-order valence-corrected chi connectivity index (χ3v) is 5.07. The van der Waals surface area contributed by atoms with Gasteiger partial charge in [0.2, 0.25) is 0 Å². The number of rotatable bonds is 4. The van der Waals surface area contributed by atoms with E-state index in [0.717, 1.165) is 23.1 Å². The van der Waals surface area contributed by atoms with Gasteiger partial charge in [-0.05, 0) is 42.0 Å². The molecular weight excluding hydrogens is 419 g/mol. The smallest absolute Gasteiger partial charge is 0.300 e. The predicted molar refractivity (Wildman–Crippen MR) is 112 cm³/mol. The third kappa shape index (κ3) is 3.56. The van der Waals surface area contributed by atoms with Crippen molar-refractivity contribution in [3.8, 4) is 5.75 Å². The van der Waals surface area contributed by atoms with Crippen molar-refractivity contribution in [2.24, 2.45) is 0 Å². The minimum absolute atomic E-state index is 0.0264. The fraction of sp³-hybridized carbons (Fsp3) is 0.0435. The van der Waals surface area contributed by atoms with E-state index in [1.807, 2.05) is 0 Å². The lowest BCUT2D eigenvalue weighted by molar-refractivity contribution is -0.384. The molecular formula is C23H15FN2O6. The number of nitro benzene ring substituents is 1. The Morgan fingerprint density at radius 3 is 2.34 bits per heavy atom. The molecule has 8 nitrogen and oxygen atoms in total. The van der Waals surface area contributed by atoms with Crippen LogP contribution in [0.5, 0.6) is 5.75 Å². The molecule has 0 bridgehead atoms. The molecule has 1 amide bonds. The third-order valence-electron chi connectivity index (χ3n) is 5.07. The lowest BCUT2D eigenvalue weighted by Crippen LogP contribution is -2.29. The highest BCUT2D eigenvalue weighted by Crippen LogP contribution is 2.42. The van der Waals surface area contributed by atoms with Crippen LogP contribution in [0.25, 0.3) is 5.76 Å².